The van der Waals surface area contributed by atoms with E-state index >= 15 is 0 Å². The van der Waals surface area contributed by atoms with Gasteiger partial charge in [-0.15, -0.1) is 36.2 Å². The third-order valence-electron chi connectivity index (χ3n) is 2.74. The van der Waals surface area contributed by atoms with Gasteiger partial charge in [-0.3, -0.25) is 4.79 Å². The second-order valence-corrected chi connectivity index (χ2v) is 5.14. The van der Waals surface area contributed by atoms with E-state index in [-0.39, 0.29) is 36.8 Å². The lowest BCUT2D eigenvalue weighted by molar-refractivity contribution is -0.122. The first-order valence-corrected chi connectivity index (χ1v) is 6.56. The van der Waals surface area contributed by atoms with Crippen molar-refractivity contribution < 1.29 is 4.79 Å². The Kier molecular flexibility index (Phi) is 8.52. The minimum Gasteiger partial charge on any atom is -0.348 e. The first kappa shape index (κ1) is 17.6. The molecule has 1 amide bonds. The van der Waals surface area contributed by atoms with Crippen LogP contribution < -0.4 is 10.6 Å². The molecule has 1 unspecified atom stereocenters. The molecule has 0 aromatic carbocycles. The molecule has 1 aliphatic heterocycles. The van der Waals surface area contributed by atoms with Crippen LogP contribution in [0.1, 0.15) is 29.7 Å². The SMILES string of the molecule is CCc1cnc(CNC(=O)C2CCCN2)s1.Cl.Cl. The van der Waals surface area contributed by atoms with Crippen molar-refractivity contribution in [2.45, 2.75) is 38.8 Å². The third kappa shape index (κ3) is 4.72. The summed E-state index contributed by atoms with van der Waals surface area (Å²) in [4.78, 5) is 17.2. The maximum absolute atomic E-state index is 11.7. The number of aryl methyl sites for hydroxylation is 1. The van der Waals surface area contributed by atoms with E-state index in [4.69, 9.17) is 0 Å². The molecule has 4 nitrogen and oxygen atoms in total. The minimum absolute atomic E-state index is 0. The van der Waals surface area contributed by atoms with Gasteiger partial charge in [0.1, 0.15) is 5.01 Å². The summed E-state index contributed by atoms with van der Waals surface area (Å²) in [7, 11) is 0. The first-order chi connectivity index (χ1) is 7.79. The lowest BCUT2D eigenvalue weighted by Gasteiger charge is -2.09. The van der Waals surface area contributed by atoms with Crippen LogP contribution in [-0.2, 0) is 17.8 Å². The number of thiazole rings is 1. The van der Waals surface area contributed by atoms with Gasteiger partial charge < -0.3 is 10.6 Å². The summed E-state index contributed by atoms with van der Waals surface area (Å²) < 4.78 is 0. The lowest BCUT2D eigenvalue weighted by Crippen LogP contribution is -2.39. The van der Waals surface area contributed by atoms with Crippen molar-refractivity contribution in [2.24, 2.45) is 0 Å². The highest BCUT2D eigenvalue weighted by atomic mass is 35.5. The molecule has 7 heteroatoms. The zero-order valence-electron chi connectivity index (χ0n) is 10.3. The second kappa shape index (κ2) is 8.69. The number of rotatable bonds is 4. The molecule has 2 N–H and O–H groups in total. The van der Waals surface area contributed by atoms with Crippen molar-refractivity contribution in [2.75, 3.05) is 6.54 Å². The fraction of sp³-hybridized carbons (Fsp3) is 0.636. The fourth-order valence-electron chi connectivity index (χ4n) is 1.79. The summed E-state index contributed by atoms with van der Waals surface area (Å²) in [6.45, 7) is 3.62. The predicted octanol–water partition coefficient (Wildman–Crippen LogP) is 1.92. The van der Waals surface area contributed by atoms with Crippen molar-refractivity contribution in [3.05, 3.63) is 16.1 Å². The quantitative estimate of drug-likeness (QED) is 0.893. The molecule has 2 rings (SSSR count). The van der Waals surface area contributed by atoms with E-state index in [9.17, 15) is 4.79 Å². The fourth-order valence-corrected chi connectivity index (χ4v) is 2.59. The van der Waals surface area contributed by atoms with Gasteiger partial charge >= 0.3 is 0 Å². The normalized spacial score (nSPS) is 17.7. The van der Waals surface area contributed by atoms with E-state index in [0.717, 1.165) is 30.8 Å². The maximum atomic E-state index is 11.7. The maximum Gasteiger partial charge on any atom is 0.237 e. The Balaban J connectivity index is 0.00000144. The first-order valence-electron chi connectivity index (χ1n) is 5.74. The summed E-state index contributed by atoms with van der Waals surface area (Å²) in [5.41, 5.74) is 0. The highest BCUT2D eigenvalue weighted by Gasteiger charge is 2.21. The Morgan fingerprint density at radius 2 is 2.39 bits per heavy atom. The molecule has 0 radical (unpaired) electrons. The highest BCUT2D eigenvalue weighted by molar-refractivity contribution is 7.11. The molecule has 1 saturated heterocycles. The number of nitrogens with one attached hydrogen (secondary N) is 2. The number of carbonyl (C=O) groups excluding carboxylic acids is 1. The van der Waals surface area contributed by atoms with Gasteiger partial charge in [0, 0.05) is 11.1 Å². The van der Waals surface area contributed by atoms with Gasteiger partial charge in [-0.25, -0.2) is 4.98 Å². The molecular formula is C11H19Cl2N3OS. The van der Waals surface area contributed by atoms with Gasteiger partial charge in [0.05, 0.1) is 12.6 Å². The second-order valence-electron chi connectivity index (χ2n) is 3.94. The van der Waals surface area contributed by atoms with Gasteiger partial charge in [-0.2, -0.15) is 0 Å². The Morgan fingerprint density at radius 1 is 1.61 bits per heavy atom. The predicted molar refractivity (Wildman–Crippen MR) is 78.9 cm³/mol. The summed E-state index contributed by atoms with van der Waals surface area (Å²) in [6, 6.07) is 0.00519. The topological polar surface area (TPSA) is 54.0 Å². The molecule has 0 bridgehead atoms. The molecule has 1 aromatic rings. The van der Waals surface area contributed by atoms with E-state index in [1.54, 1.807) is 11.3 Å². The molecular weight excluding hydrogens is 293 g/mol. The van der Waals surface area contributed by atoms with Crippen LogP contribution in [0.15, 0.2) is 6.20 Å². The molecule has 1 aromatic heterocycles. The molecule has 0 saturated carbocycles. The van der Waals surface area contributed by atoms with Crippen LogP contribution in [0.4, 0.5) is 0 Å². The number of aromatic nitrogens is 1. The van der Waals surface area contributed by atoms with E-state index in [2.05, 4.69) is 22.5 Å². The molecule has 2 heterocycles. The zero-order chi connectivity index (χ0) is 11.4. The summed E-state index contributed by atoms with van der Waals surface area (Å²) in [5, 5.41) is 7.09. The minimum atomic E-state index is 0. The Morgan fingerprint density at radius 3 is 2.94 bits per heavy atom. The molecule has 1 atom stereocenters. The average Bonchev–Trinajstić information content (AvgIpc) is 2.96. The van der Waals surface area contributed by atoms with Crippen LogP contribution in [0.3, 0.4) is 0 Å². The van der Waals surface area contributed by atoms with Gasteiger partial charge in [0.25, 0.3) is 0 Å². The van der Waals surface area contributed by atoms with Crippen LogP contribution in [0.5, 0.6) is 0 Å². The average molecular weight is 312 g/mol. The Labute approximate surface area is 124 Å². The van der Waals surface area contributed by atoms with Gasteiger partial charge in [-0.1, -0.05) is 6.92 Å². The largest absolute Gasteiger partial charge is 0.348 e. The number of hydrogen-bond donors (Lipinski definition) is 2. The molecule has 0 aliphatic carbocycles. The van der Waals surface area contributed by atoms with Crippen molar-refractivity contribution in [1.82, 2.24) is 15.6 Å². The van der Waals surface area contributed by atoms with Crippen LogP contribution in [0.2, 0.25) is 0 Å². The summed E-state index contributed by atoms with van der Waals surface area (Å²) >= 11 is 1.67. The summed E-state index contributed by atoms with van der Waals surface area (Å²) in [6.07, 6.45) is 4.94. The Bertz CT molecular complexity index is 367. The van der Waals surface area contributed by atoms with Crippen molar-refractivity contribution in [3.8, 4) is 0 Å². The summed E-state index contributed by atoms with van der Waals surface area (Å²) in [5.74, 6) is 0.103. The molecule has 18 heavy (non-hydrogen) atoms. The van der Waals surface area contributed by atoms with Crippen LogP contribution in [0.25, 0.3) is 0 Å². The van der Waals surface area contributed by atoms with Gasteiger partial charge in [0.15, 0.2) is 0 Å². The van der Waals surface area contributed by atoms with E-state index < -0.39 is 0 Å². The third-order valence-corrected chi connectivity index (χ3v) is 3.88. The number of amides is 1. The van der Waals surface area contributed by atoms with Gasteiger partial charge in [-0.05, 0) is 25.8 Å². The zero-order valence-corrected chi connectivity index (χ0v) is 12.7. The number of carbonyl (C=O) groups is 1. The molecule has 1 fully saturated rings. The van der Waals surface area contributed by atoms with E-state index in [1.807, 2.05) is 6.20 Å². The standard InChI is InChI=1S/C11H17N3OS.2ClH/c1-2-8-6-13-10(16-8)7-14-11(15)9-4-3-5-12-9;;/h6,9,12H,2-5,7H2,1H3,(H,14,15);2*1H. The molecule has 1 aliphatic rings. The van der Waals surface area contributed by atoms with E-state index in [0.29, 0.717) is 6.54 Å². The number of nitrogens with zero attached hydrogens (tertiary/aromatic N) is 1. The molecule has 0 spiro atoms. The monoisotopic (exact) mass is 311 g/mol. The van der Waals surface area contributed by atoms with Crippen LogP contribution in [-0.4, -0.2) is 23.5 Å². The van der Waals surface area contributed by atoms with E-state index in [1.165, 1.54) is 4.88 Å². The van der Waals surface area contributed by atoms with Crippen LogP contribution in [0, 0.1) is 0 Å². The highest BCUT2D eigenvalue weighted by Crippen LogP contribution is 2.13. The number of halogens is 2. The Hall–Kier alpha value is -0.360. The van der Waals surface area contributed by atoms with Crippen molar-refractivity contribution in [3.63, 3.8) is 0 Å². The smallest absolute Gasteiger partial charge is 0.237 e. The van der Waals surface area contributed by atoms with Crippen molar-refractivity contribution >= 4 is 42.1 Å². The van der Waals surface area contributed by atoms with Crippen molar-refractivity contribution in [1.29, 1.82) is 0 Å². The lowest BCUT2D eigenvalue weighted by atomic mass is 10.2. The molecule has 104 valence electrons. The van der Waals surface area contributed by atoms with Gasteiger partial charge in [0.2, 0.25) is 5.91 Å². The van der Waals surface area contributed by atoms with Crippen LogP contribution >= 0.6 is 36.2 Å². The number of hydrogen-bond acceptors (Lipinski definition) is 4.